The number of ether oxygens (including phenoxy) is 4. The smallest absolute Gasteiger partial charge is 0.326 e. The molecule has 0 unspecified atom stereocenters. The van der Waals surface area contributed by atoms with Gasteiger partial charge in [-0.15, -0.1) is 0 Å². The molecule has 9 nitrogen and oxygen atoms in total. The molecule has 184 valence electrons. The standard InChI is InChI=1S/C27H26N4O5/c1-33-19-8-6-18(7-9-19)30-27(32)31-12-4-5-17-13-20(10-11-23(17)31)36-26-21-14-24(34-2)25(35-3)15-22(21)28-16-29-26/h6-11,13-16H,4-5,12H2,1-3H3,(H,30,32). The van der Waals surface area contributed by atoms with Gasteiger partial charge >= 0.3 is 6.03 Å². The van der Waals surface area contributed by atoms with Crippen molar-refractivity contribution >= 4 is 28.3 Å². The first-order valence-corrected chi connectivity index (χ1v) is 11.5. The SMILES string of the molecule is COc1ccc(NC(=O)N2CCCc3cc(Oc4ncnc5cc(OC)c(OC)cc45)ccc32)cc1. The highest BCUT2D eigenvalue weighted by Crippen LogP contribution is 2.37. The second-order valence-corrected chi connectivity index (χ2v) is 8.21. The van der Waals surface area contributed by atoms with E-state index in [2.05, 4.69) is 15.3 Å². The van der Waals surface area contributed by atoms with Crippen LogP contribution in [0.15, 0.2) is 60.9 Å². The number of benzene rings is 3. The number of amides is 2. The summed E-state index contributed by atoms with van der Waals surface area (Å²) >= 11 is 0. The molecule has 1 aliphatic heterocycles. The number of nitrogens with one attached hydrogen (secondary N) is 1. The molecule has 0 radical (unpaired) electrons. The Morgan fingerprint density at radius 2 is 1.64 bits per heavy atom. The molecule has 1 aromatic heterocycles. The van der Waals surface area contributed by atoms with Crippen molar-refractivity contribution in [2.45, 2.75) is 12.8 Å². The maximum Gasteiger partial charge on any atom is 0.326 e. The predicted octanol–water partition coefficient (Wildman–Crippen LogP) is 5.43. The third kappa shape index (κ3) is 4.55. The molecule has 9 heteroatoms. The van der Waals surface area contributed by atoms with Crippen molar-refractivity contribution in [2.24, 2.45) is 0 Å². The minimum Gasteiger partial charge on any atom is -0.497 e. The van der Waals surface area contributed by atoms with Gasteiger partial charge in [-0.3, -0.25) is 4.90 Å². The summed E-state index contributed by atoms with van der Waals surface area (Å²) in [4.78, 5) is 23.4. The number of carbonyl (C=O) groups excluding carboxylic acids is 1. The number of nitrogens with zero attached hydrogens (tertiary/aromatic N) is 3. The fourth-order valence-corrected chi connectivity index (χ4v) is 4.27. The number of urea groups is 1. The maximum atomic E-state index is 13.0. The average molecular weight is 487 g/mol. The first-order chi connectivity index (χ1) is 17.6. The van der Waals surface area contributed by atoms with E-state index in [1.54, 1.807) is 38.4 Å². The Morgan fingerprint density at radius 3 is 2.39 bits per heavy atom. The van der Waals surface area contributed by atoms with Crippen molar-refractivity contribution in [3.05, 3.63) is 66.5 Å². The quantitative estimate of drug-likeness (QED) is 0.388. The minimum absolute atomic E-state index is 0.183. The first kappa shape index (κ1) is 23.2. The van der Waals surface area contributed by atoms with Crippen LogP contribution < -0.4 is 29.2 Å². The summed E-state index contributed by atoms with van der Waals surface area (Å²) in [5, 5.41) is 3.66. The minimum atomic E-state index is -0.183. The van der Waals surface area contributed by atoms with Crippen LogP contribution in [0.4, 0.5) is 16.2 Å². The number of carbonyl (C=O) groups is 1. The number of anilines is 2. The predicted molar refractivity (Wildman–Crippen MR) is 137 cm³/mol. The third-order valence-electron chi connectivity index (χ3n) is 6.07. The lowest BCUT2D eigenvalue weighted by molar-refractivity contribution is 0.256. The zero-order valence-electron chi connectivity index (χ0n) is 20.3. The normalized spacial score (nSPS) is 12.6. The summed E-state index contributed by atoms with van der Waals surface area (Å²) in [5.41, 5.74) is 3.27. The fraction of sp³-hybridized carbons (Fsp3) is 0.222. The number of aromatic nitrogens is 2. The van der Waals surface area contributed by atoms with Gasteiger partial charge in [0.05, 0.1) is 32.2 Å². The van der Waals surface area contributed by atoms with Gasteiger partial charge in [0.2, 0.25) is 5.88 Å². The van der Waals surface area contributed by atoms with Crippen LogP contribution >= 0.6 is 0 Å². The highest BCUT2D eigenvalue weighted by molar-refractivity contribution is 6.02. The molecule has 1 aliphatic rings. The summed E-state index contributed by atoms with van der Waals surface area (Å²) in [6.07, 6.45) is 3.14. The molecule has 0 spiro atoms. The molecule has 1 N–H and O–H groups in total. The highest BCUT2D eigenvalue weighted by Gasteiger charge is 2.23. The second kappa shape index (κ2) is 9.99. The Balaban J connectivity index is 1.38. The average Bonchev–Trinajstić information content (AvgIpc) is 2.92. The largest absolute Gasteiger partial charge is 0.497 e. The number of hydrogen-bond acceptors (Lipinski definition) is 7. The van der Waals surface area contributed by atoms with E-state index in [0.717, 1.165) is 29.8 Å². The van der Waals surface area contributed by atoms with Crippen LogP contribution in [0, 0.1) is 0 Å². The Morgan fingerprint density at radius 1 is 0.889 bits per heavy atom. The van der Waals surface area contributed by atoms with Gasteiger partial charge in [-0.25, -0.2) is 14.8 Å². The van der Waals surface area contributed by atoms with E-state index in [1.165, 1.54) is 6.33 Å². The topological polar surface area (TPSA) is 95.0 Å². The van der Waals surface area contributed by atoms with Gasteiger partial charge < -0.3 is 24.3 Å². The number of fused-ring (bicyclic) bond motifs is 2. The number of methoxy groups -OCH3 is 3. The molecule has 0 fully saturated rings. The van der Waals surface area contributed by atoms with Gasteiger partial charge in [0.25, 0.3) is 0 Å². The molecule has 2 heterocycles. The zero-order chi connectivity index (χ0) is 25.1. The van der Waals surface area contributed by atoms with E-state index in [9.17, 15) is 4.79 Å². The summed E-state index contributed by atoms with van der Waals surface area (Å²) in [7, 11) is 4.77. The number of rotatable bonds is 6. The Labute approximate surface area is 208 Å². The third-order valence-corrected chi connectivity index (χ3v) is 6.07. The van der Waals surface area contributed by atoms with Crippen molar-refractivity contribution in [3.8, 4) is 28.9 Å². The van der Waals surface area contributed by atoms with Crippen LogP contribution in [-0.4, -0.2) is 43.9 Å². The van der Waals surface area contributed by atoms with E-state index < -0.39 is 0 Å². The van der Waals surface area contributed by atoms with Gasteiger partial charge in [0.1, 0.15) is 17.8 Å². The lowest BCUT2D eigenvalue weighted by atomic mass is 10.0. The summed E-state index contributed by atoms with van der Waals surface area (Å²) in [6, 6.07) is 16.4. The van der Waals surface area contributed by atoms with Crippen molar-refractivity contribution in [3.63, 3.8) is 0 Å². The molecule has 3 aromatic carbocycles. The molecular formula is C27H26N4O5. The van der Waals surface area contributed by atoms with Crippen molar-refractivity contribution in [1.29, 1.82) is 0 Å². The molecule has 5 rings (SSSR count). The van der Waals surface area contributed by atoms with Gasteiger partial charge in [-0.05, 0) is 66.9 Å². The van der Waals surface area contributed by atoms with Crippen LogP contribution in [0.25, 0.3) is 10.9 Å². The molecule has 0 saturated carbocycles. The molecule has 0 bridgehead atoms. The highest BCUT2D eigenvalue weighted by atomic mass is 16.5. The number of aryl methyl sites for hydroxylation is 1. The first-order valence-electron chi connectivity index (χ1n) is 11.5. The zero-order valence-corrected chi connectivity index (χ0v) is 20.3. The molecular weight excluding hydrogens is 460 g/mol. The van der Waals surface area contributed by atoms with E-state index >= 15 is 0 Å². The van der Waals surface area contributed by atoms with E-state index in [-0.39, 0.29) is 6.03 Å². The van der Waals surface area contributed by atoms with Gasteiger partial charge in [0.15, 0.2) is 11.5 Å². The van der Waals surface area contributed by atoms with Crippen molar-refractivity contribution in [1.82, 2.24) is 9.97 Å². The molecule has 0 atom stereocenters. The second-order valence-electron chi connectivity index (χ2n) is 8.21. The molecule has 2 amide bonds. The maximum absolute atomic E-state index is 13.0. The molecule has 0 saturated heterocycles. The van der Waals surface area contributed by atoms with Crippen LogP contribution in [0.3, 0.4) is 0 Å². The van der Waals surface area contributed by atoms with Gasteiger partial charge in [0, 0.05) is 24.0 Å². The van der Waals surface area contributed by atoms with E-state index in [4.69, 9.17) is 18.9 Å². The van der Waals surface area contributed by atoms with Gasteiger partial charge in [-0.2, -0.15) is 0 Å². The van der Waals surface area contributed by atoms with E-state index in [1.807, 2.05) is 42.5 Å². The molecule has 0 aliphatic carbocycles. The Bertz CT molecular complexity index is 1410. The number of hydrogen-bond donors (Lipinski definition) is 1. The van der Waals surface area contributed by atoms with Crippen LogP contribution in [0.1, 0.15) is 12.0 Å². The van der Waals surface area contributed by atoms with Crippen LogP contribution in [0.2, 0.25) is 0 Å². The summed E-state index contributed by atoms with van der Waals surface area (Å²) < 4.78 is 22.1. The summed E-state index contributed by atoms with van der Waals surface area (Å²) in [5.74, 6) is 2.91. The van der Waals surface area contributed by atoms with Crippen molar-refractivity contribution in [2.75, 3.05) is 38.1 Å². The summed E-state index contributed by atoms with van der Waals surface area (Å²) in [6.45, 7) is 0.632. The Hall–Kier alpha value is -4.53. The van der Waals surface area contributed by atoms with E-state index in [0.29, 0.717) is 46.3 Å². The van der Waals surface area contributed by atoms with Gasteiger partial charge in [-0.1, -0.05) is 0 Å². The van der Waals surface area contributed by atoms with Crippen LogP contribution in [0.5, 0.6) is 28.9 Å². The molecule has 4 aromatic rings. The fourth-order valence-electron chi connectivity index (χ4n) is 4.27. The van der Waals surface area contributed by atoms with Crippen molar-refractivity contribution < 1.29 is 23.7 Å². The van der Waals surface area contributed by atoms with Crippen LogP contribution in [-0.2, 0) is 6.42 Å². The lowest BCUT2D eigenvalue weighted by Gasteiger charge is -2.30. The Kier molecular flexibility index (Phi) is 6.44. The molecule has 36 heavy (non-hydrogen) atoms. The lowest BCUT2D eigenvalue weighted by Crippen LogP contribution is -2.38. The monoisotopic (exact) mass is 486 g/mol.